The Hall–Kier alpha value is -1.35. The summed E-state index contributed by atoms with van der Waals surface area (Å²) in [6.07, 6.45) is 3.34. The molecule has 3 rings (SSSR count). The highest BCUT2D eigenvalue weighted by Crippen LogP contribution is 2.37. The van der Waals surface area contributed by atoms with Gasteiger partial charge in [-0.3, -0.25) is 0 Å². The Morgan fingerprint density at radius 2 is 2.39 bits per heavy atom. The van der Waals surface area contributed by atoms with E-state index in [1.54, 1.807) is 0 Å². The van der Waals surface area contributed by atoms with Crippen LogP contribution in [0.2, 0.25) is 0 Å². The van der Waals surface area contributed by atoms with E-state index in [-0.39, 0.29) is 5.97 Å². The molecule has 1 N–H and O–H groups in total. The van der Waals surface area contributed by atoms with Crippen molar-refractivity contribution in [1.82, 2.24) is 5.32 Å². The van der Waals surface area contributed by atoms with Gasteiger partial charge in [-0.25, -0.2) is 4.79 Å². The highest BCUT2D eigenvalue weighted by atomic mass is 16.5. The van der Waals surface area contributed by atoms with Gasteiger partial charge in [-0.1, -0.05) is 12.1 Å². The van der Waals surface area contributed by atoms with Crippen molar-refractivity contribution in [2.75, 3.05) is 13.2 Å². The smallest absolute Gasteiger partial charge is 0.338 e. The zero-order valence-corrected chi connectivity index (χ0v) is 10.7. The first-order chi connectivity index (χ1) is 8.79. The summed E-state index contributed by atoms with van der Waals surface area (Å²) in [6, 6.07) is 6.61. The first-order valence-electron chi connectivity index (χ1n) is 6.82. The second-order valence-corrected chi connectivity index (χ2v) is 5.17. The molecule has 0 amide bonds. The van der Waals surface area contributed by atoms with Crippen molar-refractivity contribution in [3.05, 3.63) is 34.9 Å². The minimum atomic E-state index is -0.172. The quantitative estimate of drug-likeness (QED) is 0.812. The minimum Gasteiger partial charge on any atom is -0.462 e. The predicted octanol–water partition coefficient (Wildman–Crippen LogP) is 2.25. The van der Waals surface area contributed by atoms with E-state index < -0.39 is 0 Å². The van der Waals surface area contributed by atoms with Gasteiger partial charge < -0.3 is 10.1 Å². The monoisotopic (exact) mass is 245 g/mol. The Labute approximate surface area is 108 Å². The first-order valence-corrected chi connectivity index (χ1v) is 6.82. The molecule has 0 spiro atoms. The summed E-state index contributed by atoms with van der Waals surface area (Å²) in [5, 5.41) is 3.54. The average Bonchev–Trinajstić information content (AvgIpc) is 2.39. The number of piperidine rings is 1. The number of carbonyl (C=O) groups is 1. The summed E-state index contributed by atoms with van der Waals surface area (Å²) in [5.74, 6) is 0.448. The molecule has 3 heteroatoms. The molecule has 2 bridgehead atoms. The van der Waals surface area contributed by atoms with Gasteiger partial charge in [-0.15, -0.1) is 0 Å². The van der Waals surface area contributed by atoms with Gasteiger partial charge >= 0.3 is 5.97 Å². The van der Waals surface area contributed by atoms with Crippen LogP contribution in [0.3, 0.4) is 0 Å². The van der Waals surface area contributed by atoms with Crippen LogP contribution in [0.5, 0.6) is 0 Å². The van der Waals surface area contributed by atoms with Crippen molar-refractivity contribution >= 4 is 5.97 Å². The number of benzene rings is 1. The Kier molecular flexibility index (Phi) is 3.08. The summed E-state index contributed by atoms with van der Waals surface area (Å²) in [5.41, 5.74) is 3.36. The minimum absolute atomic E-state index is 0.172. The van der Waals surface area contributed by atoms with E-state index in [2.05, 4.69) is 11.4 Å². The number of hydrogen-bond donors (Lipinski definition) is 1. The van der Waals surface area contributed by atoms with E-state index in [1.165, 1.54) is 24.0 Å². The molecular weight excluding hydrogens is 226 g/mol. The molecule has 1 saturated heterocycles. The molecular formula is C15H19NO2. The third-order valence-electron chi connectivity index (χ3n) is 4.09. The second kappa shape index (κ2) is 4.73. The highest BCUT2D eigenvalue weighted by molar-refractivity contribution is 5.91. The molecule has 2 unspecified atom stereocenters. The van der Waals surface area contributed by atoms with Crippen LogP contribution in [0, 0.1) is 0 Å². The first kappa shape index (κ1) is 11.7. The maximum absolute atomic E-state index is 12.0. The summed E-state index contributed by atoms with van der Waals surface area (Å²) in [6.45, 7) is 3.38. The van der Waals surface area contributed by atoms with Crippen molar-refractivity contribution in [3.8, 4) is 0 Å². The van der Waals surface area contributed by atoms with Gasteiger partial charge in [0.05, 0.1) is 12.2 Å². The molecule has 2 aliphatic rings. The fourth-order valence-electron chi connectivity index (χ4n) is 3.31. The molecule has 1 heterocycles. The highest BCUT2D eigenvalue weighted by Gasteiger charge is 2.32. The lowest BCUT2D eigenvalue weighted by molar-refractivity contribution is 0.0524. The molecule has 1 aromatic carbocycles. The molecule has 1 aliphatic heterocycles. The number of hydrogen-bond acceptors (Lipinski definition) is 3. The maximum atomic E-state index is 12.0. The van der Waals surface area contributed by atoms with Crippen molar-refractivity contribution in [2.45, 2.75) is 38.1 Å². The number of nitrogens with one attached hydrogen (secondary N) is 1. The van der Waals surface area contributed by atoms with Crippen LogP contribution in [-0.4, -0.2) is 25.2 Å². The Balaban J connectivity index is 2.00. The second-order valence-electron chi connectivity index (χ2n) is 5.17. The van der Waals surface area contributed by atoms with Crippen LogP contribution >= 0.6 is 0 Å². The SMILES string of the molecule is CCOC(=O)c1cccc2c1CC1CC2CCN1. The van der Waals surface area contributed by atoms with Crippen molar-refractivity contribution in [2.24, 2.45) is 0 Å². The molecule has 0 aromatic heterocycles. The number of esters is 1. The van der Waals surface area contributed by atoms with Gasteiger partial charge in [0.2, 0.25) is 0 Å². The zero-order chi connectivity index (χ0) is 12.5. The molecule has 0 saturated carbocycles. The van der Waals surface area contributed by atoms with Gasteiger partial charge in [0, 0.05) is 6.04 Å². The van der Waals surface area contributed by atoms with Gasteiger partial charge in [0.1, 0.15) is 0 Å². The lowest BCUT2D eigenvalue weighted by Gasteiger charge is -2.37. The van der Waals surface area contributed by atoms with E-state index in [1.807, 2.05) is 19.1 Å². The Morgan fingerprint density at radius 3 is 3.22 bits per heavy atom. The Morgan fingerprint density at radius 1 is 1.50 bits per heavy atom. The summed E-state index contributed by atoms with van der Waals surface area (Å²) >= 11 is 0. The van der Waals surface area contributed by atoms with Gasteiger partial charge in [-0.2, -0.15) is 0 Å². The third-order valence-corrected chi connectivity index (χ3v) is 4.09. The largest absolute Gasteiger partial charge is 0.462 e. The van der Waals surface area contributed by atoms with E-state index >= 15 is 0 Å². The van der Waals surface area contributed by atoms with E-state index in [0.717, 1.165) is 18.5 Å². The third kappa shape index (κ3) is 1.93. The molecule has 3 nitrogen and oxygen atoms in total. The van der Waals surface area contributed by atoms with Crippen LogP contribution < -0.4 is 5.32 Å². The maximum Gasteiger partial charge on any atom is 0.338 e. The number of rotatable bonds is 2. The lowest BCUT2D eigenvalue weighted by Crippen LogP contribution is -2.42. The molecule has 2 atom stereocenters. The summed E-state index contributed by atoms with van der Waals surface area (Å²) in [4.78, 5) is 12.0. The fraction of sp³-hybridized carbons (Fsp3) is 0.533. The van der Waals surface area contributed by atoms with E-state index in [9.17, 15) is 4.79 Å². The van der Waals surface area contributed by atoms with E-state index in [4.69, 9.17) is 4.74 Å². The summed E-state index contributed by atoms with van der Waals surface area (Å²) in [7, 11) is 0. The topological polar surface area (TPSA) is 38.3 Å². The lowest BCUT2D eigenvalue weighted by atomic mass is 9.75. The Bertz CT molecular complexity index is 470. The molecule has 1 fully saturated rings. The van der Waals surface area contributed by atoms with Crippen molar-refractivity contribution in [1.29, 1.82) is 0 Å². The standard InChI is InChI=1S/C15H19NO2/c1-2-18-15(17)13-5-3-4-12-10-6-7-16-11(8-10)9-14(12)13/h3-5,10-11,16H,2,6-9H2,1H3. The summed E-state index contributed by atoms with van der Waals surface area (Å²) < 4.78 is 5.16. The normalized spacial score (nSPS) is 25.4. The molecule has 1 aromatic rings. The van der Waals surface area contributed by atoms with Crippen LogP contribution in [0.4, 0.5) is 0 Å². The fourth-order valence-corrected chi connectivity index (χ4v) is 3.31. The van der Waals surface area contributed by atoms with E-state index in [0.29, 0.717) is 18.6 Å². The van der Waals surface area contributed by atoms with Gasteiger partial charge in [0.15, 0.2) is 0 Å². The van der Waals surface area contributed by atoms with Gasteiger partial charge in [-0.05, 0) is 55.8 Å². The molecule has 1 aliphatic carbocycles. The van der Waals surface area contributed by atoms with Crippen molar-refractivity contribution in [3.63, 3.8) is 0 Å². The van der Waals surface area contributed by atoms with Crippen LogP contribution in [0.1, 0.15) is 47.2 Å². The zero-order valence-electron chi connectivity index (χ0n) is 10.7. The number of fused-ring (bicyclic) bond motifs is 4. The molecule has 18 heavy (non-hydrogen) atoms. The van der Waals surface area contributed by atoms with Crippen molar-refractivity contribution < 1.29 is 9.53 Å². The average molecular weight is 245 g/mol. The predicted molar refractivity (Wildman–Crippen MR) is 69.9 cm³/mol. The molecule has 0 radical (unpaired) electrons. The number of ether oxygens (including phenoxy) is 1. The van der Waals surface area contributed by atoms with Crippen LogP contribution in [0.25, 0.3) is 0 Å². The van der Waals surface area contributed by atoms with Crippen LogP contribution in [0.15, 0.2) is 18.2 Å². The molecule has 96 valence electrons. The van der Waals surface area contributed by atoms with Gasteiger partial charge in [0.25, 0.3) is 0 Å². The number of carbonyl (C=O) groups excluding carboxylic acids is 1. The van der Waals surface area contributed by atoms with Crippen LogP contribution in [-0.2, 0) is 11.2 Å².